The summed E-state index contributed by atoms with van der Waals surface area (Å²) < 4.78 is 8.40. The molecular formula is C16H14N6O2S2. The molecule has 0 N–H and O–H groups in total. The first-order valence-corrected chi connectivity index (χ1v) is 9.57. The molecule has 4 aromatic rings. The molecule has 4 rings (SSSR count). The van der Waals surface area contributed by atoms with Crippen molar-refractivity contribution in [2.45, 2.75) is 17.5 Å². The van der Waals surface area contributed by atoms with Crippen LogP contribution in [0.15, 0.2) is 47.2 Å². The van der Waals surface area contributed by atoms with E-state index in [0.29, 0.717) is 23.5 Å². The van der Waals surface area contributed by atoms with Crippen molar-refractivity contribution in [1.29, 1.82) is 0 Å². The molecule has 0 saturated heterocycles. The van der Waals surface area contributed by atoms with Gasteiger partial charge in [-0.15, -0.1) is 16.4 Å². The van der Waals surface area contributed by atoms with E-state index >= 15 is 0 Å². The molecule has 0 aliphatic rings. The predicted molar refractivity (Wildman–Crippen MR) is 97.3 cm³/mol. The average molecular weight is 386 g/mol. The number of aromatic nitrogens is 6. The largest absolute Gasteiger partial charge is 0.465 e. The standard InChI is InChI=1S/C16H14N6O2S2/c1-24-15(23)13-5-2-6-21-8-11(17-14(13)21)10-26-16-18-19-20-22(16)9-12-4-3-7-25-12/h2-8H,9-10H2,1H3. The number of pyridine rings is 1. The van der Waals surface area contributed by atoms with Crippen LogP contribution in [0.3, 0.4) is 0 Å². The van der Waals surface area contributed by atoms with Gasteiger partial charge in [0.05, 0.1) is 19.3 Å². The van der Waals surface area contributed by atoms with Crippen molar-refractivity contribution in [2.75, 3.05) is 7.11 Å². The molecule has 0 atom stereocenters. The van der Waals surface area contributed by atoms with Gasteiger partial charge in [0.25, 0.3) is 0 Å². The minimum Gasteiger partial charge on any atom is -0.465 e. The van der Waals surface area contributed by atoms with Crippen LogP contribution >= 0.6 is 23.1 Å². The van der Waals surface area contributed by atoms with E-state index in [2.05, 4.69) is 26.6 Å². The fraction of sp³-hybridized carbons (Fsp3) is 0.188. The van der Waals surface area contributed by atoms with Crippen LogP contribution in [0.25, 0.3) is 5.65 Å². The van der Waals surface area contributed by atoms with Crippen LogP contribution < -0.4 is 0 Å². The summed E-state index contributed by atoms with van der Waals surface area (Å²) in [4.78, 5) is 17.6. The van der Waals surface area contributed by atoms with Crippen LogP contribution in [0, 0.1) is 0 Å². The lowest BCUT2D eigenvalue weighted by molar-refractivity contribution is 0.0602. The molecule has 0 saturated carbocycles. The van der Waals surface area contributed by atoms with E-state index in [1.54, 1.807) is 28.2 Å². The van der Waals surface area contributed by atoms with Crippen LogP contribution in [0.2, 0.25) is 0 Å². The summed E-state index contributed by atoms with van der Waals surface area (Å²) in [5.74, 6) is 0.188. The molecule has 0 unspecified atom stereocenters. The monoisotopic (exact) mass is 386 g/mol. The molecule has 0 spiro atoms. The maximum absolute atomic E-state index is 11.9. The number of methoxy groups -OCH3 is 1. The number of fused-ring (bicyclic) bond motifs is 1. The summed E-state index contributed by atoms with van der Waals surface area (Å²) in [5.41, 5.74) is 1.85. The van der Waals surface area contributed by atoms with E-state index < -0.39 is 5.97 Å². The molecule has 8 nitrogen and oxygen atoms in total. The Labute approximate surface area is 156 Å². The first kappa shape index (κ1) is 16.7. The Bertz CT molecular complexity index is 1040. The van der Waals surface area contributed by atoms with E-state index in [1.165, 1.54) is 23.7 Å². The highest BCUT2D eigenvalue weighted by molar-refractivity contribution is 7.98. The van der Waals surface area contributed by atoms with Crippen molar-refractivity contribution in [1.82, 2.24) is 29.6 Å². The second-order valence-corrected chi connectivity index (χ2v) is 7.34. The van der Waals surface area contributed by atoms with Gasteiger partial charge in [-0.1, -0.05) is 17.8 Å². The highest BCUT2D eigenvalue weighted by atomic mass is 32.2. The number of hydrogen-bond donors (Lipinski definition) is 0. The second-order valence-electron chi connectivity index (χ2n) is 5.36. The van der Waals surface area contributed by atoms with E-state index in [4.69, 9.17) is 4.74 Å². The average Bonchev–Trinajstić information content (AvgIpc) is 3.40. The number of carbonyl (C=O) groups is 1. The third-order valence-electron chi connectivity index (χ3n) is 3.67. The molecule has 0 amide bonds. The normalized spacial score (nSPS) is 11.1. The van der Waals surface area contributed by atoms with Crippen molar-refractivity contribution >= 4 is 34.7 Å². The molecule has 0 radical (unpaired) electrons. The van der Waals surface area contributed by atoms with Gasteiger partial charge in [0, 0.05) is 23.0 Å². The summed E-state index contributed by atoms with van der Waals surface area (Å²) in [7, 11) is 1.36. The van der Waals surface area contributed by atoms with Crippen molar-refractivity contribution in [3.05, 3.63) is 58.2 Å². The minimum atomic E-state index is -0.403. The highest BCUT2D eigenvalue weighted by Gasteiger charge is 2.14. The van der Waals surface area contributed by atoms with Crippen LogP contribution in [-0.4, -0.2) is 42.7 Å². The number of ether oxygens (including phenoxy) is 1. The van der Waals surface area contributed by atoms with Crippen molar-refractivity contribution < 1.29 is 9.53 Å². The number of rotatable bonds is 6. The van der Waals surface area contributed by atoms with Gasteiger partial charge in [-0.2, -0.15) is 0 Å². The number of nitrogens with zero attached hydrogens (tertiary/aromatic N) is 6. The lowest BCUT2D eigenvalue weighted by Crippen LogP contribution is -2.03. The third-order valence-corrected chi connectivity index (χ3v) is 5.52. The zero-order valence-corrected chi connectivity index (χ0v) is 15.4. The van der Waals surface area contributed by atoms with Crippen LogP contribution in [0.4, 0.5) is 0 Å². The summed E-state index contributed by atoms with van der Waals surface area (Å²) in [6.45, 7) is 0.644. The van der Waals surface area contributed by atoms with E-state index in [-0.39, 0.29) is 0 Å². The quantitative estimate of drug-likeness (QED) is 0.372. The van der Waals surface area contributed by atoms with Gasteiger partial charge in [0.1, 0.15) is 5.56 Å². The van der Waals surface area contributed by atoms with Gasteiger partial charge < -0.3 is 9.14 Å². The molecule has 0 aliphatic heterocycles. The van der Waals surface area contributed by atoms with Gasteiger partial charge in [0.2, 0.25) is 5.16 Å². The molecular weight excluding hydrogens is 372 g/mol. The van der Waals surface area contributed by atoms with E-state index in [9.17, 15) is 4.79 Å². The van der Waals surface area contributed by atoms with Gasteiger partial charge >= 0.3 is 5.97 Å². The molecule has 0 bridgehead atoms. The fourth-order valence-corrected chi connectivity index (χ4v) is 3.94. The molecule has 10 heteroatoms. The molecule has 0 aromatic carbocycles. The van der Waals surface area contributed by atoms with Crippen molar-refractivity contribution in [3.8, 4) is 0 Å². The predicted octanol–water partition coefficient (Wildman–Crippen LogP) is 2.51. The highest BCUT2D eigenvalue weighted by Crippen LogP contribution is 2.22. The third kappa shape index (κ3) is 3.33. The topological polar surface area (TPSA) is 87.2 Å². The lowest BCUT2D eigenvalue weighted by atomic mass is 10.3. The number of hydrogen-bond acceptors (Lipinski definition) is 8. The SMILES string of the molecule is COC(=O)c1cccn2cc(CSc3nnnn3Cc3cccs3)nc12. The Morgan fingerprint density at radius 1 is 1.35 bits per heavy atom. The van der Waals surface area contributed by atoms with Crippen LogP contribution in [0.1, 0.15) is 20.9 Å². The number of tetrazole rings is 1. The number of carbonyl (C=O) groups excluding carboxylic acids is 1. The first-order valence-electron chi connectivity index (χ1n) is 7.71. The summed E-state index contributed by atoms with van der Waals surface area (Å²) >= 11 is 3.17. The van der Waals surface area contributed by atoms with Crippen LogP contribution in [0.5, 0.6) is 0 Å². The molecule has 132 valence electrons. The van der Waals surface area contributed by atoms with Crippen molar-refractivity contribution in [3.63, 3.8) is 0 Å². The van der Waals surface area contributed by atoms with Crippen LogP contribution in [-0.2, 0) is 17.0 Å². The van der Waals surface area contributed by atoms with Crippen molar-refractivity contribution in [2.24, 2.45) is 0 Å². The Balaban J connectivity index is 1.52. The van der Waals surface area contributed by atoms with Gasteiger partial charge in [-0.05, 0) is 34.0 Å². The Morgan fingerprint density at radius 3 is 3.08 bits per heavy atom. The molecule has 4 heterocycles. The fourth-order valence-electron chi connectivity index (χ4n) is 2.49. The summed E-state index contributed by atoms with van der Waals surface area (Å²) in [6, 6.07) is 7.55. The zero-order chi connectivity index (χ0) is 17.9. The Hall–Kier alpha value is -2.72. The van der Waals surface area contributed by atoms with Gasteiger partial charge in [0.15, 0.2) is 5.65 Å². The number of thiophene rings is 1. The number of thioether (sulfide) groups is 1. The summed E-state index contributed by atoms with van der Waals surface area (Å²) in [5, 5.41) is 14.7. The maximum atomic E-state index is 11.9. The maximum Gasteiger partial charge on any atom is 0.341 e. The molecule has 4 aromatic heterocycles. The number of imidazole rings is 1. The zero-order valence-electron chi connectivity index (χ0n) is 13.8. The Morgan fingerprint density at radius 2 is 2.27 bits per heavy atom. The van der Waals surface area contributed by atoms with Gasteiger partial charge in [-0.3, -0.25) is 0 Å². The number of esters is 1. The smallest absolute Gasteiger partial charge is 0.341 e. The molecule has 26 heavy (non-hydrogen) atoms. The minimum absolute atomic E-state index is 0.403. The lowest BCUT2D eigenvalue weighted by Gasteiger charge is -2.01. The molecule has 0 fully saturated rings. The first-order chi connectivity index (χ1) is 12.7. The second kappa shape index (κ2) is 7.26. The van der Waals surface area contributed by atoms with Gasteiger partial charge in [-0.25, -0.2) is 14.5 Å². The molecule has 0 aliphatic carbocycles. The van der Waals surface area contributed by atoms with E-state index in [0.717, 1.165) is 10.9 Å². The van der Waals surface area contributed by atoms with E-state index in [1.807, 2.05) is 28.2 Å². The Kier molecular flexibility index (Phi) is 4.67. The summed E-state index contributed by atoms with van der Waals surface area (Å²) in [6.07, 6.45) is 3.74.